The minimum atomic E-state index is -0.449. The van der Waals surface area contributed by atoms with Crippen molar-refractivity contribution in [2.75, 3.05) is 0 Å². The standard InChI is InChI=1S/C15H20N2O/c1-12(2)17-11-16-10-14(17)15(18)9-8-13-6-4-3-5-7-13/h3-7,10-12,15,18H,8-9H2,1-2H3. The van der Waals surface area contributed by atoms with Crippen LogP contribution < -0.4 is 0 Å². The van der Waals surface area contributed by atoms with Gasteiger partial charge in [-0.25, -0.2) is 4.98 Å². The minimum Gasteiger partial charge on any atom is -0.387 e. The third-order valence-electron chi connectivity index (χ3n) is 3.14. The number of aliphatic hydroxyl groups excluding tert-OH is 1. The summed E-state index contributed by atoms with van der Waals surface area (Å²) in [4.78, 5) is 4.12. The molecule has 96 valence electrons. The zero-order valence-electron chi connectivity index (χ0n) is 11.0. The molecule has 0 amide bonds. The van der Waals surface area contributed by atoms with Crippen molar-refractivity contribution in [3.8, 4) is 0 Å². The van der Waals surface area contributed by atoms with Gasteiger partial charge in [0.05, 0.1) is 24.3 Å². The number of hydrogen-bond donors (Lipinski definition) is 1. The van der Waals surface area contributed by atoms with Gasteiger partial charge in [0.1, 0.15) is 0 Å². The molecule has 2 aromatic rings. The summed E-state index contributed by atoms with van der Waals surface area (Å²) in [5.74, 6) is 0. The first-order chi connectivity index (χ1) is 8.68. The number of aromatic nitrogens is 2. The van der Waals surface area contributed by atoms with Crippen LogP contribution in [0.25, 0.3) is 0 Å². The SMILES string of the molecule is CC(C)n1cncc1C(O)CCc1ccccc1. The molecule has 1 unspecified atom stereocenters. The molecule has 0 saturated carbocycles. The molecular weight excluding hydrogens is 224 g/mol. The molecule has 2 rings (SSSR count). The molecule has 1 heterocycles. The van der Waals surface area contributed by atoms with Crippen LogP contribution in [0.2, 0.25) is 0 Å². The minimum absolute atomic E-state index is 0.328. The highest BCUT2D eigenvalue weighted by Crippen LogP contribution is 2.21. The maximum absolute atomic E-state index is 10.2. The molecule has 3 nitrogen and oxygen atoms in total. The second-order valence-electron chi connectivity index (χ2n) is 4.86. The first kappa shape index (κ1) is 12.8. The van der Waals surface area contributed by atoms with Gasteiger partial charge in [0.25, 0.3) is 0 Å². The van der Waals surface area contributed by atoms with Gasteiger partial charge in [-0.05, 0) is 32.3 Å². The second kappa shape index (κ2) is 5.83. The van der Waals surface area contributed by atoms with E-state index in [0.29, 0.717) is 6.04 Å². The number of hydrogen-bond acceptors (Lipinski definition) is 2. The smallest absolute Gasteiger partial charge is 0.0959 e. The van der Waals surface area contributed by atoms with E-state index in [9.17, 15) is 5.11 Å². The van der Waals surface area contributed by atoms with E-state index in [4.69, 9.17) is 0 Å². The highest BCUT2D eigenvalue weighted by Gasteiger charge is 2.14. The fraction of sp³-hybridized carbons (Fsp3) is 0.400. The van der Waals surface area contributed by atoms with Gasteiger partial charge >= 0.3 is 0 Å². The Morgan fingerprint density at radius 3 is 2.61 bits per heavy atom. The molecule has 0 aliphatic rings. The van der Waals surface area contributed by atoms with Gasteiger partial charge in [0.15, 0.2) is 0 Å². The Hall–Kier alpha value is -1.61. The van der Waals surface area contributed by atoms with Crippen molar-refractivity contribution in [2.45, 2.75) is 38.8 Å². The van der Waals surface area contributed by atoms with E-state index in [-0.39, 0.29) is 0 Å². The maximum atomic E-state index is 10.2. The Morgan fingerprint density at radius 2 is 1.94 bits per heavy atom. The fourth-order valence-corrected chi connectivity index (χ4v) is 2.10. The number of nitrogens with zero attached hydrogens (tertiary/aromatic N) is 2. The summed E-state index contributed by atoms with van der Waals surface area (Å²) in [5, 5.41) is 10.2. The molecule has 1 aromatic carbocycles. The van der Waals surface area contributed by atoms with Gasteiger partial charge in [-0.15, -0.1) is 0 Å². The summed E-state index contributed by atoms with van der Waals surface area (Å²) in [7, 11) is 0. The lowest BCUT2D eigenvalue weighted by Gasteiger charge is -2.16. The first-order valence-electron chi connectivity index (χ1n) is 6.42. The van der Waals surface area contributed by atoms with Crippen molar-refractivity contribution in [1.82, 2.24) is 9.55 Å². The quantitative estimate of drug-likeness (QED) is 0.877. The molecule has 0 fully saturated rings. The molecular formula is C15H20N2O. The summed E-state index contributed by atoms with van der Waals surface area (Å²) in [6.45, 7) is 4.18. The molecule has 0 bridgehead atoms. The summed E-state index contributed by atoms with van der Waals surface area (Å²) in [6.07, 6.45) is 4.70. The van der Waals surface area contributed by atoms with Crippen LogP contribution >= 0.6 is 0 Å². The van der Waals surface area contributed by atoms with Gasteiger partial charge in [0.2, 0.25) is 0 Å². The van der Waals surface area contributed by atoms with E-state index in [1.54, 1.807) is 12.5 Å². The summed E-state index contributed by atoms with van der Waals surface area (Å²) in [5.41, 5.74) is 2.16. The molecule has 1 N–H and O–H groups in total. The number of rotatable bonds is 5. The van der Waals surface area contributed by atoms with E-state index < -0.39 is 6.10 Å². The molecule has 18 heavy (non-hydrogen) atoms. The topological polar surface area (TPSA) is 38.0 Å². The van der Waals surface area contributed by atoms with E-state index in [1.165, 1.54) is 5.56 Å². The van der Waals surface area contributed by atoms with Gasteiger partial charge in [0, 0.05) is 6.04 Å². The van der Waals surface area contributed by atoms with Gasteiger partial charge < -0.3 is 9.67 Å². The fourth-order valence-electron chi connectivity index (χ4n) is 2.10. The van der Waals surface area contributed by atoms with Crippen molar-refractivity contribution < 1.29 is 5.11 Å². The Balaban J connectivity index is 1.99. The second-order valence-corrected chi connectivity index (χ2v) is 4.86. The van der Waals surface area contributed by atoms with Crippen LogP contribution in [0.4, 0.5) is 0 Å². The molecule has 3 heteroatoms. The molecule has 0 saturated heterocycles. The van der Waals surface area contributed by atoms with Crippen LogP contribution in [0, 0.1) is 0 Å². The van der Waals surface area contributed by atoms with Crippen molar-refractivity contribution in [2.24, 2.45) is 0 Å². The molecule has 0 spiro atoms. The van der Waals surface area contributed by atoms with Crippen molar-refractivity contribution in [1.29, 1.82) is 0 Å². The Labute approximate surface area is 108 Å². The zero-order chi connectivity index (χ0) is 13.0. The normalized spacial score (nSPS) is 12.9. The van der Waals surface area contributed by atoms with Crippen LogP contribution in [0.15, 0.2) is 42.9 Å². The lowest BCUT2D eigenvalue weighted by atomic mass is 10.1. The van der Waals surface area contributed by atoms with Crippen LogP contribution in [-0.4, -0.2) is 14.7 Å². The first-order valence-corrected chi connectivity index (χ1v) is 6.42. The van der Waals surface area contributed by atoms with Gasteiger partial charge in [-0.3, -0.25) is 0 Å². The number of aryl methyl sites for hydroxylation is 1. The van der Waals surface area contributed by atoms with Crippen LogP contribution in [0.5, 0.6) is 0 Å². The summed E-state index contributed by atoms with van der Waals surface area (Å²) < 4.78 is 2.02. The van der Waals surface area contributed by atoms with E-state index in [2.05, 4.69) is 31.0 Å². The zero-order valence-corrected chi connectivity index (χ0v) is 11.0. The average molecular weight is 244 g/mol. The predicted molar refractivity (Wildman–Crippen MR) is 72.3 cm³/mol. The lowest BCUT2D eigenvalue weighted by Crippen LogP contribution is -2.09. The highest BCUT2D eigenvalue weighted by atomic mass is 16.3. The van der Waals surface area contributed by atoms with Gasteiger partial charge in [-0.2, -0.15) is 0 Å². The van der Waals surface area contributed by atoms with E-state index in [1.807, 2.05) is 22.8 Å². The van der Waals surface area contributed by atoms with E-state index in [0.717, 1.165) is 18.5 Å². The summed E-state index contributed by atoms with van der Waals surface area (Å²) >= 11 is 0. The Morgan fingerprint density at radius 1 is 1.22 bits per heavy atom. The average Bonchev–Trinajstić information content (AvgIpc) is 2.86. The maximum Gasteiger partial charge on any atom is 0.0959 e. The monoisotopic (exact) mass is 244 g/mol. The molecule has 1 aromatic heterocycles. The number of aliphatic hydroxyl groups is 1. The highest BCUT2D eigenvalue weighted by molar-refractivity contribution is 5.15. The van der Waals surface area contributed by atoms with Gasteiger partial charge in [-0.1, -0.05) is 30.3 Å². The van der Waals surface area contributed by atoms with Crippen molar-refractivity contribution in [3.63, 3.8) is 0 Å². The molecule has 0 aliphatic carbocycles. The third kappa shape index (κ3) is 2.99. The van der Waals surface area contributed by atoms with Crippen molar-refractivity contribution >= 4 is 0 Å². The van der Waals surface area contributed by atoms with Crippen LogP contribution in [0.3, 0.4) is 0 Å². The molecule has 1 atom stereocenters. The van der Waals surface area contributed by atoms with Crippen LogP contribution in [-0.2, 0) is 6.42 Å². The number of benzene rings is 1. The van der Waals surface area contributed by atoms with Crippen LogP contribution in [0.1, 0.15) is 43.7 Å². The van der Waals surface area contributed by atoms with E-state index >= 15 is 0 Å². The summed E-state index contributed by atoms with van der Waals surface area (Å²) in [6, 6.07) is 10.6. The third-order valence-corrected chi connectivity index (χ3v) is 3.14. The lowest BCUT2D eigenvalue weighted by molar-refractivity contribution is 0.157. The Bertz CT molecular complexity index is 476. The number of imidazole rings is 1. The molecule has 0 radical (unpaired) electrons. The Kier molecular flexibility index (Phi) is 4.15. The molecule has 0 aliphatic heterocycles. The van der Waals surface area contributed by atoms with Crippen molar-refractivity contribution in [3.05, 3.63) is 54.1 Å². The largest absolute Gasteiger partial charge is 0.387 e. The predicted octanol–water partition coefficient (Wildman–Crippen LogP) is 3.13.